The quantitative estimate of drug-likeness (QED) is 0.110. The average Bonchev–Trinajstić information content (AvgIpc) is 2.92. The molecular formula is C34H56O6. The molecule has 0 N–H and O–H groups in total. The molecule has 0 fully saturated rings. The Morgan fingerprint density at radius 2 is 0.900 bits per heavy atom. The van der Waals surface area contributed by atoms with Crippen molar-refractivity contribution in [2.45, 2.75) is 145 Å². The number of unbranched alkanes of at least 4 members (excludes halogenated alkanes) is 3. The summed E-state index contributed by atoms with van der Waals surface area (Å²) in [5.74, 6) is 1.01. The zero-order valence-corrected chi connectivity index (χ0v) is 26.4. The molecule has 40 heavy (non-hydrogen) atoms. The van der Waals surface area contributed by atoms with E-state index >= 15 is 0 Å². The molecule has 3 atom stereocenters. The molecule has 0 bridgehead atoms. The number of carbonyl (C=O) groups is 3. The largest absolute Gasteiger partial charge is 0.426 e. The molecule has 0 aromatic heterocycles. The van der Waals surface area contributed by atoms with E-state index in [0.717, 1.165) is 77.0 Å². The predicted octanol–water partition coefficient (Wildman–Crippen LogP) is 9.53. The van der Waals surface area contributed by atoms with Gasteiger partial charge in [-0.05, 0) is 43.9 Å². The highest BCUT2D eigenvalue weighted by atomic mass is 16.6. The third kappa shape index (κ3) is 15.4. The molecule has 0 aliphatic heterocycles. The normalized spacial score (nSPS) is 13.4. The third-order valence-electron chi connectivity index (χ3n) is 7.64. The summed E-state index contributed by atoms with van der Waals surface area (Å²) in [6, 6.07) is 3.10. The van der Waals surface area contributed by atoms with Gasteiger partial charge in [0.25, 0.3) is 0 Å². The zero-order chi connectivity index (χ0) is 29.9. The van der Waals surface area contributed by atoms with E-state index in [-0.39, 0.29) is 35.2 Å². The first kappa shape index (κ1) is 35.7. The molecule has 3 unspecified atom stereocenters. The van der Waals surface area contributed by atoms with Crippen LogP contribution in [0.4, 0.5) is 0 Å². The van der Waals surface area contributed by atoms with Crippen LogP contribution in [0.25, 0.3) is 0 Å². The SMILES string of the molecule is CCCCC(C)CCC(=O)Oc1cc(OC(=O)CCC(C)CCCC)c(C)c(OC(=O)CCC(C)CCCC)c1. The van der Waals surface area contributed by atoms with Gasteiger partial charge in [0.05, 0.1) is 0 Å². The van der Waals surface area contributed by atoms with E-state index in [4.69, 9.17) is 14.2 Å². The van der Waals surface area contributed by atoms with Crippen LogP contribution < -0.4 is 14.2 Å². The molecule has 0 radical (unpaired) electrons. The molecule has 1 aromatic rings. The van der Waals surface area contributed by atoms with E-state index in [9.17, 15) is 14.4 Å². The van der Waals surface area contributed by atoms with Gasteiger partial charge in [0.1, 0.15) is 17.2 Å². The van der Waals surface area contributed by atoms with E-state index in [1.165, 1.54) is 0 Å². The Balaban J connectivity index is 2.97. The van der Waals surface area contributed by atoms with Crippen molar-refractivity contribution in [3.8, 4) is 17.2 Å². The highest BCUT2D eigenvalue weighted by Gasteiger charge is 2.19. The maximum absolute atomic E-state index is 12.7. The standard InChI is InChI=1S/C34H56O6/c1-8-11-14-25(4)17-20-32(35)38-29-23-30(39-33(36)21-18-26(5)15-12-9-2)28(7)31(24-29)40-34(37)22-19-27(6)16-13-10-3/h23-27H,8-22H2,1-7H3. The highest BCUT2D eigenvalue weighted by Crippen LogP contribution is 2.35. The summed E-state index contributed by atoms with van der Waals surface area (Å²) in [6.07, 6.45) is 13.3. The van der Waals surface area contributed by atoms with E-state index in [1.807, 2.05) is 0 Å². The van der Waals surface area contributed by atoms with Crippen molar-refractivity contribution in [2.75, 3.05) is 0 Å². The second-order valence-electron chi connectivity index (χ2n) is 11.8. The highest BCUT2D eigenvalue weighted by molar-refractivity contribution is 5.77. The third-order valence-corrected chi connectivity index (χ3v) is 7.64. The van der Waals surface area contributed by atoms with Crippen molar-refractivity contribution in [2.24, 2.45) is 17.8 Å². The van der Waals surface area contributed by atoms with E-state index in [0.29, 0.717) is 42.6 Å². The monoisotopic (exact) mass is 560 g/mol. The van der Waals surface area contributed by atoms with E-state index < -0.39 is 0 Å². The molecule has 0 aliphatic carbocycles. The summed E-state index contributed by atoms with van der Waals surface area (Å²) in [4.78, 5) is 38.0. The van der Waals surface area contributed by atoms with Crippen LogP contribution in [0.2, 0.25) is 0 Å². The van der Waals surface area contributed by atoms with Gasteiger partial charge in [-0.1, -0.05) is 99.3 Å². The number of rotatable bonds is 21. The van der Waals surface area contributed by atoms with Gasteiger partial charge >= 0.3 is 17.9 Å². The zero-order valence-electron chi connectivity index (χ0n) is 26.4. The van der Waals surface area contributed by atoms with Crippen molar-refractivity contribution < 1.29 is 28.6 Å². The summed E-state index contributed by atoms with van der Waals surface area (Å²) >= 11 is 0. The van der Waals surface area contributed by atoms with E-state index in [2.05, 4.69) is 41.5 Å². The second-order valence-corrected chi connectivity index (χ2v) is 11.8. The van der Waals surface area contributed by atoms with Crippen LogP contribution in [0.15, 0.2) is 12.1 Å². The molecule has 1 rings (SSSR count). The van der Waals surface area contributed by atoms with Gasteiger partial charge in [0.2, 0.25) is 0 Å². The molecule has 0 heterocycles. The Hall–Kier alpha value is -2.37. The molecule has 0 saturated heterocycles. The number of benzene rings is 1. The molecule has 0 aliphatic rings. The van der Waals surface area contributed by atoms with E-state index in [1.54, 1.807) is 19.1 Å². The van der Waals surface area contributed by atoms with Gasteiger partial charge in [0, 0.05) is 37.0 Å². The van der Waals surface area contributed by atoms with Crippen LogP contribution in [0.5, 0.6) is 17.2 Å². The number of hydrogen-bond donors (Lipinski definition) is 0. The summed E-state index contributed by atoms with van der Waals surface area (Å²) < 4.78 is 17.0. The van der Waals surface area contributed by atoms with Gasteiger partial charge in [0.15, 0.2) is 0 Å². The Labute approximate surface area is 243 Å². The van der Waals surface area contributed by atoms with Gasteiger partial charge in [-0.2, -0.15) is 0 Å². The minimum Gasteiger partial charge on any atom is -0.426 e. The first-order valence-electron chi connectivity index (χ1n) is 15.9. The summed E-state index contributed by atoms with van der Waals surface area (Å²) in [7, 11) is 0. The Morgan fingerprint density at radius 1 is 0.575 bits per heavy atom. The summed E-state index contributed by atoms with van der Waals surface area (Å²) in [5, 5.41) is 0. The van der Waals surface area contributed by atoms with Gasteiger partial charge in [-0.15, -0.1) is 0 Å². The average molecular weight is 561 g/mol. The van der Waals surface area contributed by atoms with Crippen LogP contribution in [0.1, 0.15) is 143 Å². The molecule has 0 spiro atoms. The fraction of sp³-hybridized carbons (Fsp3) is 0.735. The molecule has 1 aromatic carbocycles. The minimum absolute atomic E-state index is 0.218. The van der Waals surface area contributed by atoms with Crippen LogP contribution in [0.3, 0.4) is 0 Å². The van der Waals surface area contributed by atoms with Crippen LogP contribution in [-0.2, 0) is 14.4 Å². The van der Waals surface area contributed by atoms with Crippen molar-refractivity contribution >= 4 is 17.9 Å². The van der Waals surface area contributed by atoms with Gasteiger partial charge in [-0.25, -0.2) is 0 Å². The first-order chi connectivity index (χ1) is 19.1. The number of hydrogen-bond acceptors (Lipinski definition) is 6. The Morgan fingerprint density at radius 3 is 1.23 bits per heavy atom. The maximum atomic E-state index is 12.7. The lowest BCUT2D eigenvalue weighted by Gasteiger charge is -2.16. The van der Waals surface area contributed by atoms with Crippen LogP contribution in [-0.4, -0.2) is 17.9 Å². The second kappa shape index (κ2) is 20.5. The lowest BCUT2D eigenvalue weighted by atomic mass is 9.99. The van der Waals surface area contributed by atoms with Crippen LogP contribution in [0, 0.1) is 24.7 Å². The lowest BCUT2D eigenvalue weighted by Crippen LogP contribution is -2.14. The van der Waals surface area contributed by atoms with Crippen LogP contribution >= 0.6 is 0 Å². The first-order valence-corrected chi connectivity index (χ1v) is 15.9. The molecule has 0 amide bonds. The topological polar surface area (TPSA) is 78.9 Å². The molecule has 6 nitrogen and oxygen atoms in total. The fourth-order valence-electron chi connectivity index (χ4n) is 4.62. The Bertz CT molecular complexity index is 839. The molecule has 0 saturated carbocycles. The molecule has 6 heteroatoms. The van der Waals surface area contributed by atoms with Gasteiger partial charge in [-0.3, -0.25) is 14.4 Å². The lowest BCUT2D eigenvalue weighted by molar-refractivity contribution is -0.135. The number of esters is 3. The smallest absolute Gasteiger partial charge is 0.311 e. The van der Waals surface area contributed by atoms with Crippen molar-refractivity contribution in [3.63, 3.8) is 0 Å². The fourth-order valence-corrected chi connectivity index (χ4v) is 4.62. The molecular weight excluding hydrogens is 504 g/mol. The number of carbonyl (C=O) groups excluding carboxylic acids is 3. The maximum Gasteiger partial charge on any atom is 0.311 e. The molecule has 228 valence electrons. The Kier molecular flexibility index (Phi) is 18.3. The van der Waals surface area contributed by atoms with Gasteiger partial charge < -0.3 is 14.2 Å². The number of ether oxygens (including phenoxy) is 3. The summed E-state index contributed by atoms with van der Waals surface area (Å²) in [6.45, 7) is 14.7. The van der Waals surface area contributed by atoms with Crippen molar-refractivity contribution in [1.82, 2.24) is 0 Å². The predicted molar refractivity (Wildman–Crippen MR) is 162 cm³/mol. The van der Waals surface area contributed by atoms with Crippen molar-refractivity contribution in [3.05, 3.63) is 17.7 Å². The minimum atomic E-state index is -0.351. The summed E-state index contributed by atoms with van der Waals surface area (Å²) in [5.41, 5.74) is 0.535. The van der Waals surface area contributed by atoms with Crippen molar-refractivity contribution in [1.29, 1.82) is 0 Å².